The number of anilines is 1. The van der Waals surface area contributed by atoms with E-state index in [0.717, 1.165) is 11.4 Å². The van der Waals surface area contributed by atoms with Crippen molar-refractivity contribution in [2.75, 3.05) is 11.9 Å². The summed E-state index contributed by atoms with van der Waals surface area (Å²) in [7, 11) is 1.78. The molecule has 0 spiro atoms. The first-order chi connectivity index (χ1) is 7.06. The Kier molecular flexibility index (Phi) is 2.38. The van der Waals surface area contributed by atoms with Gasteiger partial charge in [-0.15, -0.1) is 10.2 Å². The largest absolute Gasteiger partial charge is 0.479 e. The molecule has 1 aromatic rings. The Bertz CT molecular complexity index is 386. The van der Waals surface area contributed by atoms with Crippen LogP contribution in [0, 0.1) is 6.92 Å². The molecule has 0 saturated heterocycles. The van der Waals surface area contributed by atoms with Gasteiger partial charge >= 0.3 is 5.97 Å². The number of rotatable bonds is 3. The number of carboxylic acids is 1. The molecule has 1 aliphatic carbocycles. The molecule has 1 saturated carbocycles. The standard InChI is InChI=1S/C9H13N3O2S/c1-6-10-11-8(15-6)12(2)9(7(13)14)4-3-5-9/h3-5H2,1-2H3,(H,13,14). The zero-order valence-corrected chi connectivity index (χ0v) is 9.54. The molecule has 0 radical (unpaired) electrons. The van der Waals surface area contributed by atoms with Crippen molar-refractivity contribution in [2.45, 2.75) is 31.7 Å². The fourth-order valence-electron chi connectivity index (χ4n) is 1.81. The third kappa shape index (κ3) is 1.49. The molecule has 6 heteroatoms. The molecular formula is C9H13N3O2S. The second-order valence-corrected chi connectivity index (χ2v) is 5.01. The number of carboxylic acid groups (broad SMARTS) is 1. The summed E-state index contributed by atoms with van der Waals surface area (Å²) < 4.78 is 0. The quantitative estimate of drug-likeness (QED) is 0.842. The van der Waals surface area contributed by atoms with Crippen LogP contribution in [0.5, 0.6) is 0 Å². The maximum absolute atomic E-state index is 11.2. The van der Waals surface area contributed by atoms with Gasteiger partial charge in [0, 0.05) is 7.05 Å². The van der Waals surface area contributed by atoms with Crippen molar-refractivity contribution in [2.24, 2.45) is 0 Å². The Labute approximate surface area is 91.7 Å². The van der Waals surface area contributed by atoms with E-state index < -0.39 is 11.5 Å². The average Bonchev–Trinajstić information content (AvgIpc) is 2.48. The van der Waals surface area contributed by atoms with E-state index in [-0.39, 0.29) is 0 Å². The van der Waals surface area contributed by atoms with E-state index in [1.165, 1.54) is 11.3 Å². The number of carbonyl (C=O) groups is 1. The van der Waals surface area contributed by atoms with Crippen molar-refractivity contribution in [3.05, 3.63) is 5.01 Å². The molecule has 0 aliphatic heterocycles. The minimum absolute atomic E-state index is 0.689. The molecule has 15 heavy (non-hydrogen) atoms. The number of aromatic nitrogens is 2. The van der Waals surface area contributed by atoms with E-state index in [1.807, 2.05) is 6.92 Å². The van der Waals surface area contributed by atoms with E-state index in [4.69, 9.17) is 0 Å². The van der Waals surface area contributed by atoms with Crippen molar-refractivity contribution in [1.29, 1.82) is 0 Å². The molecule has 1 N–H and O–H groups in total. The van der Waals surface area contributed by atoms with E-state index in [0.29, 0.717) is 18.0 Å². The van der Waals surface area contributed by atoms with Crippen LogP contribution >= 0.6 is 11.3 Å². The lowest BCUT2D eigenvalue weighted by Crippen LogP contribution is -2.58. The van der Waals surface area contributed by atoms with Crippen LogP contribution in [-0.4, -0.2) is 33.9 Å². The van der Waals surface area contributed by atoms with Crippen molar-refractivity contribution in [3.63, 3.8) is 0 Å². The van der Waals surface area contributed by atoms with Gasteiger partial charge in [0.25, 0.3) is 0 Å². The Balaban J connectivity index is 2.26. The fourth-order valence-corrected chi connectivity index (χ4v) is 2.55. The molecule has 0 amide bonds. The Morgan fingerprint density at radius 3 is 2.53 bits per heavy atom. The van der Waals surface area contributed by atoms with Crippen LogP contribution in [0.1, 0.15) is 24.3 Å². The zero-order valence-electron chi connectivity index (χ0n) is 8.73. The van der Waals surface area contributed by atoms with E-state index in [1.54, 1.807) is 11.9 Å². The van der Waals surface area contributed by atoms with Gasteiger partial charge in [-0.25, -0.2) is 4.79 Å². The maximum Gasteiger partial charge on any atom is 0.329 e. The number of hydrogen-bond donors (Lipinski definition) is 1. The summed E-state index contributed by atoms with van der Waals surface area (Å²) in [5, 5.41) is 18.7. The third-order valence-corrected chi connectivity index (χ3v) is 3.94. The molecule has 1 aliphatic rings. The smallest absolute Gasteiger partial charge is 0.329 e. The van der Waals surface area contributed by atoms with Gasteiger partial charge in [0.1, 0.15) is 10.5 Å². The number of aliphatic carboxylic acids is 1. The molecule has 5 nitrogen and oxygen atoms in total. The second-order valence-electron chi connectivity index (χ2n) is 3.85. The van der Waals surface area contributed by atoms with Crippen LogP contribution in [-0.2, 0) is 4.79 Å². The Morgan fingerprint density at radius 1 is 1.53 bits per heavy atom. The summed E-state index contributed by atoms with van der Waals surface area (Å²) in [5.74, 6) is -0.760. The Morgan fingerprint density at radius 2 is 2.20 bits per heavy atom. The van der Waals surface area contributed by atoms with Crippen LogP contribution in [0.3, 0.4) is 0 Å². The van der Waals surface area contributed by atoms with Gasteiger partial charge in [-0.1, -0.05) is 11.3 Å². The van der Waals surface area contributed by atoms with Gasteiger partial charge in [-0.05, 0) is 26.2 Å². The molecule has 0 atom stereocenters. The highest BCUT2D eigenvalue weighted by Crippen LogP contribution is 2.40. The normalized spacial score (nSPS) is 18.3. The first-order valence-electron chi connectivity index (χ1n) is 4.83. The first-order valence-corrected chi connectivity index (χ1v) is 5.65. The molecule has 1 heterocycles. The van der Waals surface area contributed by atoms with Gasteiger partial charge in [0.05, 0.1) is 0 Å². The van der Waals surface area contributed by atoms with Crippen LogP contribution in [0.25, 0.3) is 0 Å². The predicted molar refractivity (Wildman–Crippen MR) is 57.3 cm³/mol. The van der Waals surface area contributed by atoms with E-state index in [2.05, 4.69) is 10.2 Å². The van der Waals surface area contributed by atoms with Crippen LogP contribution in [0.2, 0.25) is 0 Å². The van der Waals surface area contributed by atoms with Crippen molar-refractivity contribution >= 4 is 22.4 Å². The first kappa shape index (κ1) is 10.4. The van der Waals surface area contributed by atoms with Crippen LogP contribution < -0.4 is 4.90 Å². The molecule has 0 aromatic carbocycles. The topological polar surface area (TPSA) is 66.3 Å². The van der Waals surface area contributed by atoms with Gasteiger partial charge in [0.15, 0.2) is 0 Å². The predicted octanol–water partition coefficient (Wildman–Crippen LogP) is 1.29. The van der Waals surface area contributed by atoms with Crippen LogP contribution in [0.4, 0.5) is 5.13 Å². The molecule has 2 rings (SSSR count). The number of likely N-dealkylation sites (N-methyl/N-ethyl adjacent to an activating group) is 1. The number of aryl methyl sites for hydroxylation is 1. The summed E-state index contributed by atoms with van der Waals surface area (Å²) in [4.78, 5) is 13.0. The number of nitrogens with zero attached hydrogens (tertiary/aromatic N) is 3. The van der Waals surface area contributed by atoms with Gasteiger partial charge in [-0.2, -0.15) is 0 Å². The van der Waals surface area contributed by atoms with E-state index in [9.17, 15) is 9.90 Å². The summed E-state index contributed by atoms with van der Waals surface area (Å²) in [5.41, 5.74) is -0.744. The highest BCUT2D eigenvalue weighted by molar-refractivity contribution is 7.15. The minimum Gasteiger partial charge on any atom is -0.479 e. The highest BCUT2D eigenvalue weighted by atomic mass is 32.1. The van der Waals surface area contributed by atoms with Crippen molar-refractivity contribution in [3.8, 4) is 0 Å². The molecule has 1 aromatic heterocycles. The maximum atomic E-state index is 11.2. The SMILES string of the molecule is Cc1nnc(N(C)C2(C(=O)O)CCC2)s1. The van der Waals surface area contributed by atoms with Crippen molar-refractivity contribution in [1.82, 2.24) is 10.2 Å². The molecular weight excluding hydrogens is 214 g/mol. The number of hydrogen-bond acceptors (Lipinski definition) is 5. The molecule has 82 valence electrons. The summed E-state index contributed by atoms with van der Waals surface area (Å²) >= 11 is 1.43. The summed E-state index contributed by atoms with van der Waals surface area (Å²) in [6.45, 7) is 1.86. The zero-order chi connectivity index (χ0) is 11.1. The van der Waals surface area contributed by atoms with Crippen LogP contribution in [0.15, 0.2) is 0 Å². The fraction of sp³-hybridized carbons (Fsp3) is 0.667. The van der Waals surface area contributed by atoms with Gasteiger partial charge in [0.2, 0.25) is 5.13 Å². The highest BCUT2D eigenvalue weighted by Gasteiger charge is 2.49. The lowest BCUT2D eigenvalue weighted by molar-refractivity contribution is -0.146. The average molecular weight is 227 g/mol. The van der Waals surface area contributed by atoms with Gasteiger partial charge in [-0.3, -0.25) is 0 Å². The Hall–Kier alpha value is -1.17. The molecule has 0 bridgehead atoms. The third-order valence-electron chi connectivity index (χ3n) is 3.02. The van der Waals surface area contributed by atoms with E-state index >= 15 is 0 Å². The summed E-state index contributed by atoms with van der Waals surface area (Å²) in [6, 6.07) is 0. The second kappa shape index (κ2) is 3.44. The summed E-state index contributed by atoms with van der Waals surface area (Å²) in [6.07, 6.45) is 2.35. The lowest BCUT2D eigenvalue weighted by atomic mass is 9.76. The molecule has 1 fully saturated rings. The minimum atomic E-state index is -0.760. The molecule has 0 unspecified atom stereocenters. The van der Waals surface area contributed by atoms with Gasteiger partial charge < -0.3 is 10.0 Å². The van der Waals surface area contributed by atoms with Crippen molar-refractivity contribution < 1.29 is 9.90 Å². The monoisotopic (exact) mass is 227 g/mol. The lowest BCUT2D eigenvalue weighted by Gasteiger charge is -2.44.